The third kappa shape index (κ3) is 6.68. The molecule has 0 aliphatic heterocycles. The maximum absolute atomic E-state index is 12.1. The van der Waals surface area contributed by atoms with Crippen LogP contribution in [0.4, 0.5) is 0 Å². The van der Waals surface area contributed by atoms with Crippen molar-refractivity contribution in [2.24, 2.45) is 5.10 Å². The SMILES string of the molecule is CCCOc1ccc(Br)cc1C=NNC(=O)COc1cc(C(C)C)ccc1C. The van der Waals surface area contributed by atoms with Crippen LogP contribution in [-0.4, -0.2) is 25.3 Å². The summed E-state index contributed by atoms with van der Waals surface area (Å²) in [5, 5.41) is 4.03. The summed E-state index contributed by atoms with van der Waals surface area (Å²) < 4.78 is 12.3. The summed E-state index contributed by atoms with van der Waals surface area (Å²) in [6.45, 7) is 8.77. The lowest BCUT2D eigenvalue weighted by atomic mass is 10.0. The summed E-state index contributed by atoms with van der Waals surface area (Å²) in [6.07, 6.45) is 2.48. The van der Waals surface area contributed by atoms with E-state index in [2.05, 4.69) is 46.4 Å². The minimum absolute atomic E-state index is 0.0998. The smallest absolute Gasteiger partial charge is 0.277 e. The fraction of sp³-hybridized carbons (Fsp3) is 0.364. The van der Waals surface area contributed by atoms with E-state index in [9.17, 15) is 4.79 Å². The first-order chi connectivity index (χ1) is 13.4. The molecule has 0 aliphatic rings. The fourth-order valence-corrected chi connectivity index (χ4v) is 2.82. The molecule has 0 fully saturated rings. The molecule has 0 bridgehead atoms. The van der Waals surface area contributed by atoms with Crippen molar-refractivity contribution in [3.8, 4) is 11.5 Å². The van der Waals surface area contributed by atoms with Gasteiger partial charge in [0.2, 0.25) is 0 Å². The van der Waals surface area contributed by atoms with Crippen LogP contribution in [0.15, 0.2) is 46.0 Å². The molecule has 0 heterocycles. The average molecular weight is 447 g/mol. The van der Waals surface area contributed by atoms with E-state index in [1.54, 1.807) is 6.21 Å². The van der Waals surface area contributed by atoms with Crippen molar-refractivity contribution in [2.45, 2.75) is 40.0 Å². The van der Waals surface area contributed by atoms with Crippen LogP contribution in [0.3, 0.4) is 0 Å². The zero-order chi connectivity index (χ0) is 20.5. The number of amides is 1. The van der Waals surface area contributed by atoms with Gasteiger partial charge in [0.1, 0.15) is 11.5 Å². The number of ether oxygens (including phenoxy) is 2. The van der Waals surface area contributed by atoms with E-state index >= 15 is 0 Å². The maximum Gasteiger partial charge on any atom is 0.277 e. The van der Waals surface area contributed by atoms with E-state index < -0.39 is 0 Å². The van der Waals surface area contributed by atoms with E-state index in [-0.39, 0.29) is 12.5 Å². The number of nitrogens with zero attached hydrogens (tertiary/aromatic N) is 1. The van der Waals surface area contributed by atoms with Gasteiger partial charge in [-0.05, 0) is 54.7 Å². The highest BCUT2D eigenvalue weighted by molar-refractivity contribution is 9.10. The van der Waals surface area contributed by atoms with Crippen molar-refractivity contribution >= 4 is 28.1 Å². The number of carbonyl (C=O) groups excluding carboxylic acids is 1. The Bertz CT molecular complexity index is 835. The number of aryl methyl sites for hydroxylation is 1. The van der Waals surface area contributed by atoms with Crippen LogP contribution in [0.25, 0.3) is 0 Å². The second-order valence-corrected chi connectivity index (χ2v) is 7.71. The zero-order valence-corrected chi connectivity index (χ0v) is 18.4. The molecular weight excluding hydrogens is 420 g/mol. The number of halogens is 1. The Kier molecular flexibility index (Phi) is 8.51. The van der Waals surface area contributed by atoms with Gasteiger partial charge in [0, 0.05) is 10.0 Å². The van der Waals surface area contributed by atoms with Crippen LogP contribution in [0, 0.1) is 6.92 Å². The second-order valence-electron chi connectivity index (χ2n) is 6.79. The third-order valence-electron chi connectivity index (χ3n) is 4.06. The lowest BCUT2D eigenvalue weighted by Crippen LogP contribution is -2.24. The predicted molar refractivity (Wildman–Crippen MR) is 116 cm³/mol. The van der Waals surface area contributed by atoms with Crippen molar-refractivity contribution < 1.29 is 14.3 Å². The summed E-state index contributed by atoms with van der Waals surface area (Å²) in [5.74, 6) is 1.51. The van der Waals surface area contributed by atoms with Crippen LogP contribution in [0.5, 0.6) is 11.5 Å². The number of carbonyl (C=O) groups is 1. The quantitative estimate of drug-likeness (QED) is 0.425. The van der Waals surface area contributed by atoms with Gasteiger partial charge in [-0.3, -0.25) is 4.79 Å². The van der Waals surface area contributed by atoms with Crippen molar-refractivity contribution in [1.82, 2.24) is 5.43 Å². The van der Waals surface area contributed by atoms with Crippen LogP contribution in [0.2, 0.25) is 0 Å². The Labute approximate surface area is 175 Å². The lowest BCUT2D eigenvalue weighted by Gasteiger charge is -2.12. The molecule has 28 heavy (non-hydrogen) atoms. The largest absolute Gasteiger partial charge is 0.493 e. The number of hydrazone groups is 1. The summed E-state index contributed by atoms with van der Waals surface area (Å²) in [7, 11) is 0. The Morgan fingerprint density at radius 1 is 1.18 bits per heavy atom. The number of rotatable bonds is 9. The topological polar surface area (TPSA) is 59.9 Å². The molecule has 5 nitrogen and oxygen atoms in total. The van der Waals surface area contributed by atoms with Gasteiger partial charge in [-0.2, -0.15) is 5.10 Å². The number of hydrogen-bond acceptors (Lipinski definition) is 4. The molecule has 6 heteroatoms. The maximum atomic E-state index is 12.1. The normalized spacial score (nSPS) is 11.1. The molecule has 0 aliphatic carbocycles. The Morgan fingerprint density at radius 3 is 2.68 bits per heavy atom. The molecule has 0 aromatic heterocycles. The minimum atomic E-state index is -0.323. The summed E-state index contributed by atoms with van der Waals surface area (Å²) in [6, 6.07) is 11.7. The number of benzene rings is 2. The Morgan fingerprint density at radius 2 is 1.96 bits per heavy atom. The number of nitrogens with one attached hydrogen (secondary N) is 1. The van der Waals surface area contributed by atoms with Crippen LogP contribution < -0.4 is 14.9 Å². The first-order valence-corrected chi connectivity index (χ1v) is 10.2. The van der Waals surface area contributed by atoms with Crippen LogP contribution >= 0.6 is 15.9 Å². The van der Waals surface area contributed by atoms with Gasteiger partial charge >= 0.3 is 0 Å². The Hall–Kier alpha value is -2.34. The van der Waals surface area contributed by atoms with Gasteiger partial charge in [-0.25, -0.2) is 5.43 Å². The van der Waals surface area contributed by atoms with E-state index in [1.165, 1.54) is 5.56 Å². The van der Waals surface area contributed by atoms with Crippen molar-refractivity contribution in [3.63, 3.8) is 0 Å². The highest BCUT2D eigenvalue weighted by Crippen LogP contribution is 2.24. The summed E-state index contributed by atoms with van der Waals surface area (Å²) >= 11 is 3.43. The first kappa shape index (κ1) is 22.0. The van der Waals surface area contributed by atoms with Gasteiger partial charge in [-0.1, -0.05) is 48.8 Å². The van der Waals surface area contributed by atoms with Gasteiger partial charge < -0.3 is 9.47 Å². The predicted octanol–water partition coefficient (Wildman–Crippen LogP) is 5.20. The van der Waals surface area contributed by atoms with E-state index in [4.69, 9.17) is 9.47 Å². The summed E-state index contributed by atoms with van der Waals surface area (Å²) in [5.41, 5.74) is 5.45. The minimum Gasteiger partial charge on any atom is -0.493 e. The highest BCUT2D eigenvalue weighted by atomic mass is 79.9. The molecule has 0 spiro atoms. The van der Waals surface area contributed by atoms with E-state index in [0.29, 0.717) is 18.3 Å². The van der Waals surface area contributed by atoms with Gasteiger partial charge in [0.15, 0.2) is 6.61 Å². The van der Waals surface area contributed by atoms with Gasteiger partial charge in [-0.15, -0.1) is 0 Å². The van der Waals surface area contributed by atoms with Gasteiger partial charge in [0.25, 0.3) is 5.91 Å². The monoisotopic (exact) mass is 446 g/mol. The average Bonchev–Trinajstić information content (AvgIpc) is 2.66. The number of hydrogen-bond donors (Lipinski definition) is 1. The molecule has 1 amide bonds. The van der Waals surface area contributed by atoms with Crippen LogP contribution in [0.1, 0.15) is 49.8 Å². The molecule has 0 radical (unpaired) electrons. The second kappa shape index (κ2) is 10.9. The molecule has 2 aromatic rings. The molecule has 0 atom stereocenters. The molecular formula is C22H27BrN2O3. The summed E-state index contributed by atoms with van der Waals surface area (Å²) in [4.78, 5) is 12.1. The first-order valence-electron chi connectivity index (χ1n) is 9.38. The molecule has 2 rings (SSSR count). The fourth-order valence-electron chi connectivity index (χ4n) is 2.44. The molecule has 150 valence electrons. The Balaban J connectivity index is 1.94. The molecule has 0 saturated carbocycles. The van der Waals surface area contributed by atoms with E-state index in [0.717, 1.165) is 27.8 Å². The standard InChI is InChI=1S/C22H27BrN2O3/c1-5-10-27-20-9-8-19(23)11-18(20)13-24-25-22(26)14-28-21-12-17(15(2)3)7-6-16(21)4/h6-9,11-13,15H,5,10,14H2,1-4H3,(H,25,26). The highest BCUT2D eigenvalue weighted by Gasteiger charge is 2.08. The lowest BCUT2D eigenvalue weighted by molar-refractivity contribution is -0.123. The van der Waals surface area contributed by atoms with Crippen molar-refractivity contribution in [2.75, 3.05) is 13.2 Å². The molecule has 0 unspecified atom stereocenters. The third-order valence-corrected chi connectivity index (χ3v) is 4.56. The van der Waals surface area contributed by atoms with Gasteiger partial charge in [0.05, 0.1) is 12.8 Å². The van der Waals surface area contributed by atoms with E-state index in [1.807, 2.05) is 44.2 Å². The van der Waals surface area contributed by atoms with Crippen LogP contribution in [-0.2, 0) is 4.79 Å². The molecule has 0 saturated heterocycles. The van der Waals surface area contributed by atoms with Crippen molar-refractivity contribution in [1.29, 1.82) is 0 Å². The molecule has 2 aromatic carbocycles. The van der Waals surface area contributed by atoms with Crippen molar-refractivity contribution in [3.05, 3.63) is 57.6 Å². The zero-order valence-electron chi connectivity index (χ0n) is 16.8. The molecule has 1 N–H and O–H groups in total.